The number of sulfonamides is 1. The number of thiocarbonyl (C=S) groups is 1. The van der Waals surface area contributed by atoms with Gasteiger partial charge in [-0.2, -0.15) is 0 Å². The van der Waals surface area contributed by atoms with E-state index in [2.05, 4.69) is 4.72 Å². The lowest BCUT2D eigenvalue weighted by molar-refractivity contribution is 0.579. The summed E-state index contributed by atoms with van der Waals surface area (Å²) in [6.07, 6.45) is 3.06. The fourth-order valence-corrected chi connectivity index (χ4v) is 3.95. The van der Waals surface area contributed by atoms with E-state index in [0.717, 1.165) is 24.1 Å². The van der Waals surface area contributed by atoms with Crippen LogP contribution in [0.5, 0.6) is 0 Å². The van der Waals surface area contributed by atoms with Crippen LogP contribution in [0.25, 0.3) is 0 Å². The van der Waals surface area contributed by atoms with Crippen LogP contribution in [0.3, 0.4) is 0 Å². The molecule has 1 rings (SSSR count). The van der Waals surface area contributed by atoms with E-state index < -0.39 is 10.0 Å². The van der Waals surface area contributed by atoms with E-state index in [1.54, 1.807) is 6.07 Å². The molecular formula is C11H18N2O2S3. The third kappa shape index (κ3) is 5.01. The molecule has 0 aliphatic carbocycles. The summed E-state index contributed by atoms with van der Waals surface area (Å²) in [6, 6.07) is 3.51. The summed E-state index contributed by atoms with van der Waals surface area (Å²) in [5.41, 5.74) is 5.36. The van der Waals surface area contributed by atoms with Crippen molar-refractivity contribution in [3.8, 4) is 0 Å². The third-order valence-electron chi connectivity index (χ3n) is 2.39. The molecule has 0 saturated heterocycles. The fourth-order valence-electron chi connectivity index (χ4n) is 1.39. The molecule has 0 unspecified atom stereocenters. The molecule has 0 amide bonds. The first-order valence-corrected chi connectivity index (χ1v) is 8.53. The molecule has 0 spiro atoms. The molecule has 7 heteroatoms. The van der Waals surface area contributed by atoms with Gasteiger partial charge in [-0.25, -0.2) is 13.1 Å². The van der Waals surface area contributed by atoms with Crippen molar-refractivity contribution >= 4 is 38.6 Å². The molecule has 0 aliphatic rings. The molecule has 0 atom stereocenters. The van der Waals surface area contributed by atoms with E-state index in [1.807, 2.05) is 13.0 Å². The van der Waals surface area contributed by atoms with E-state index >= 15 is 0 Å². The van der Waals surface area contributed by atoms with E-state index in [4.69, 9.17) is 18.0 Å². The monoisotopic (exact) mass is 306 g/mol. The van der Waals surface area contributed by atoms with Crippen molar-refractivity contribution in [2.45, 2.75) is 36.8 Å². The SMILES string of the molecule is CCc1ccc(S(=O)(=O)NCCCCC(N)=S)s1. The highest BCUT2D eigenvalue weighted by molar-refractivity contribution is 7.91. The molecule has 3 N–H and O–H groups in total. The van der Waals surface area contributed by atoms with Gasteiger partial charge in [0.2, 0.25) is 10.0 Å². The predicted molar refractivity (Wildman–Crippen MR) is 79.5 cm³/mol. The zero-order valence-electron chi connectivity index (χ0n) is 10.3. The average Bonchev–Trinajstić information content (AvgIpc) is 2.77. The Labute approximate surface area is 118 Å². The first kappa shape index (κ1) is 15.6. The summed E-state index contributed by atoms with van der Waals surface area (Å²) in [5, 5.41) is 0. The first-order chi connectivity index (χ1) is 8.45. The molecule has 1 aromatic heterocycles. The van der Waals surface area contributed by atoms with Crippen LogP contribution in [-0.2, 0) is 16.4 Å². The van der Waals surface area contributed by atoms with Gasteiger partial charge in [-0.1, -0.05) is 19.1 Å². The maximum atomic E-state index is 11.9. The van der Waals surface area contributed by atoms with Gasteiger partial charge >= 0.3 is 0 Å². The molecule has 102 valence electrons. The van der Waals surface area contributed by atoms with Gasteiger partial charge in [-0.3, -0.25) is 0 Å². The second kappa shape index (κ2) is 7.18. The molecule has 0 aromatic carbocycles. The van der Waals surface area contributed by atoms with Crippen LogP contribution in [0.15, 0.2) is 16.3 Å². The molecule has 0 radical (unpaired) electrons. The van der Waals surface area contributed by atoms with Crippen molar-refractivity contribution in [2.24, 2.45) is 5.73 Å². The van der Waals surface area contributed by atoms with Gasteiger partial charge < -0.3 is 5.73 Å². The topological polar surface area (TPSA) is 72.2 Å². The van der Waals surface area contributed by atoms with Gasteiger partial charge in [0.1, 0.15) is 4.21 Å². The first-order valence-electron chi connectivity index (χ1n) is 5.82. The Morgan fingerprint density at radius 1 is 1.44 bits per heavy atom. The van der Waals surface area contributed by atoms with Crippen molar-refractivity contribution in [1.29, 1.82) is 0 Å². The van der Waals surface area contributed by atoms with Gasteiger partial charge in [0.15, 0.2) is 0 Å². The minimum Gasteiger partial charge on any atom is -0.393 e. The molecule has 0 aliphatic heterocycles. The van der Waals surface area contributed by atoms with Crippen molar-refractivity contribution in [1.82, 2.24) is 4.72 Å². The molecule has 0 fully saturated rings. The van der Waals surface area contributed by atoms with Gasteiger partial charge in [0.05, 0.1) is 4.99 Å². The summed E-state index contributed by atoms with van der Waals surface area (Å²) < 4.78 is 26.8. The third-order valence-corrected chi connectivity index (χ3v) is 5.78. The van der Waals surface area contributed by atoms with Crippen LogP contribution in [0.2, 0.25) is 0 Å². The largest absolute Gasteiger partial charge is 0.393 e. The number of rotatable bonds is 8. The number of aryl methyl sites for hydroxylation is 1. The normalized spacial score (nSPS) is 11.6. The number of nitrogens with two attached hydrogens (primary N) is 1. The minimum absolute atomic E-state index is 0.383. The highest BCUT2D eigenvalue weighted by Gasteiger charge is 2.15. The van der Waals surface area contributed by atoms with Crippen LogP contribution in [-0.4, -0.2) is 20.0 Å². The highest BCUT2D eigenvalue weighted by atomic mass is 32.2. The molecule has 0 bridgehead atoms. The zero-order valence-corrected chi connectivity index (χ0v) is 12.8. The van der Waals surface area contributed by atoms with Crippen LogP contribution < -0.4 is 10.5 Å². The maximum Gasteiger partial charge on any atom is 0.250 e. The number of unbranched alkanes of at least 4 members (excludes halogenated alkanes) is 1. The van der Waals surface area contributed by atoms with Crippen molar-refractivity contribution in [2.75, 3.05) is 6.54 Å². The van der Waals surface area contributed by atoms with Crippen molar-refractivity contribution in [3.05, 3.63) is 17.0 Å². The number of nitrogens with one attached hydrogen (secondary N) is 1. The van der Waals surface area contributed by atoms with Crippen LogP contribution >= 0.6 is 23.6 Å². The lowest BCUT2D eigenvalue weighted by Gasteiger charge is -2.04. The average molecular weight is 306 g/mol. The van der Waals surface area contributed by atoms with Gasteiger partial charge in [-0.15, -0.1) is 11.3 Å². The standard InChI is InChI=1S/C11H18N2O2S3/c1-2-9-6-7-11(17-9)18(14,15)13-8-4-3-5-10(12)16/h6-7,13H,2-5,8H2,1H3,(H2,12,16). The van der Waals surface area contributed by atoms with Crippen molar-refractivity contribution in [3.63, 3.8) is 0 Å². The summed E-state index contributed by atoms with van der Waals surface area (Å²) in [4.78, 5) is 1.55. The van der Waals surface area contributed by atoms with Gasteiger partial charge in [-0.05, 0) is 37.8 Å². The maximum absolute atomic E-state index is 11.9. The van der Waals surface area contributed by atoms with E-state index in [0.29, 0.717) is 22.2 Å². The Morgan fingerprint density at radius 2 is 2.17 bits per heavy atom. The van der Waals surface area contributed by atoms with Gasteiger partial charge in [0.25, 0.3) is 0 Å². The van der Waals surface area contributed by atoms with Gasteiger partial charge in [0, 0.05) is 11.4 Å². The second-order valence-electron chi connectivity index (χ2n) is 3.90. The zero-order chi connectivity index (χ0) is 13.6. The van der Waals surface area contributed by atoms with Crippen LogP contribution in [0.1, 0.15) is 31.1 Å². The summed E-state index contributed by atoms with van der Waals surface area (Å²) >= 11 is 6.07. The van der Waals surface area contributed by atoms with E-state index in [1.165, 1.54) is 11.3 Å². The molecule has 4 nitrogen and oxygen atoms in total. The predicted octanol–water partition coefficient (Wildman–Crippen LogP) is 2.05. The molecule has 1 aromatic rings. The summed E-state index contributed by atoms with van der Waals surface area (Å²) in [5.74, 6) is 0. The van der Waals surface area contributed by atoms with E-state index in [-0.39, 0.29) is 0 Å². The molecule has 1 heterocycles. The van der Waals surface area contributed by atoms with Crippen molar-refractivity contribution < 1.29 is 8.42 Å². The van der Waals surface area contributed by atoms with E-state index in [9.17, 15) is 8.42 Å². The van der Waals surface area contributed by atoms with Crippen LogP contribution in [0, 0.1) is 0 Å². The smallest absolute Gasteiger partial charge is 0.250 e. The number of thiophene rings is 1. The minimum atomic E-state index is -3.35. The number of hydrogen-bond donors (Lipinski definition) is 2. The lowest BCUT2D eigenvalue weighted by atomic mass is 10.2. The Hall–Kier alpha value is -0.500. The molecule has 0 saturated carbocycles. The summed E-state index contributed by atoms with van der Waals surface area (Å²) in [6.45, 7) is 2.43. The highest BCUT2D eigenvalue weighted by Crippen LogP contribution is 2.21. The molecule has 18 heavy (non-hydrogen) atoms. The second-order valence-corrected chi connectivity index (χ2v) is 7.58. The Morgan fingerprint density at radius 3 is 2.72 bits per heavy atom. The number of hydrogen-bond acceptors (Lipinski definition) is 4. The Kier molecular flexibility index (Phi) is 6.20. The Balaban J connectivity index is 2.42. The lowest BCUT2D eigenvalue weighted by Crippen LogP contribution is -2.24. The molecular weight excluding hydrogens is 288 g/mol. The quantitative estimate of drug-likeness (QED) is 0.569. The summed E-state index contributed by atoms with van der Waals surface area (Å²) in [7, 11) is -3.35. The van der Waals surface area contributed by atoms with Crippen LogP contribution in [0.4, 0.5) is 0 Å². The Bertz CT molecular complexity index is 494. The fraction of sp³-hybridized carbons (Fsp3) is 0.545.